The smallest absolute Gasteiger partial charge is 0.266 e. The molecule has 2 aromatic carbocycles. The third-order valence-electron chi connectivity index (χ3n) is 3.17. The second kappa shape index (κ2) is 6.30. The predicted octanol–water partition coefficient (Wildman–Crippen LogP) is 4.63. The molecule has 1 aromatic heterocycles. The lowest BCUT2D eigenvalue weighted by Gasteiger charge is -1.97. The number of nitrogens with zero attached hydrogens (tertiary/aromatic N) is 1. The quantitative estimate of drug-likeness (QED) is 0.553. The summed E-state index contributed by atoms with van der Waals surface area (Å²) in [5.41, 5.74) is 4.58. The molecule has 0 unspecified atom stereocenters. The van der Waals surface area contributed by atoms with E-state index in [0.29, 0.717) is 9.90 Å². The van der Waals surface area contributed by atoms with Crippen LogP contribution in [0.3, 0.4) is 0 Å². The molecule has 1 amide bonds. The van der Waals surface area contributed by atoms with Gasteiger partial charge in [0.25, 0.3) is 5.91 Å². The summed E-state index contributed by atoms with van der Waals surface area (Å²) in [5.74, 6) is -0.295. The van der Waals surface area contributed by atoms with E-state index in [2.05, 4.69) is 10.5 Å². The van der Waals surface area contributed by atoms with Crippen molar-refractivity contribution in [1.82, 2.24) is 5.43 Å². The van der Waals surface area contributed by atoms with Crippen molar-refractivity contribution in [2.75, 3.05) is 0 Å². The van der Waals surface area contributed by atoms with Crippen molar-refractivity contribution in [3.63, 3.8) is 0 Å². The molecule has 0 aliphatic heterocycles. The lowest BCUT2D eigenvalue weighted by molar-refractivity contribution is 0.0959. The van der Waals surface area contributed by atoms with Crippen LogP contribution in [0, 0.1) is 6.92 Å². The van der Waals surface area contributed by atoms with Gasteiger partial charge in [0.1, 0.15) is 4.88 Å². The molecule has 1 N–H and O–H groups in total. The van der Waals surface area contributed by atoms with Crippen LogP contribution in [0.2, 0.25) is 5.02 Å². The van der Waals surface area contributed by atoms with Crippen LogP contribution in [-0.2, 0) is 0 Å². The van der Waals surface area contributed by atoms with Gasteiger partial charge in [-0.2, -0.15) is 5.10 Å². The van der Waals surface area contributed by atoms with Crippen LogP contribution in [0.15, 0.2) is 53.6 Å². The summed E-state index contributed by atoms with van der Waals surface area (Å²) < 4.78 is 1.00. The van der Waals surface area contributed by atoms with E-state index in [1.165, 1.54) is 11.3 Å². The number of benzene rings is 2. The topological polar surface area (TPSA) is 41.5 Å². The van der Waals surface area contributed by atoms with Crippen LogP contribution in [0.5, 0.6) is 0 Å². The van der Waals surface area contributed by atoms with E-state index in [1.54, 1.807) is 6.21 Å². The summed E-state index contributed by atoms with van der Waals surface area (Å²) >= 11 is 7.67. The van der Waals surface area contributed by atoms with E-state index in [1.807, 2.05) is 55.5 Å². The minimum atomic E-state index is -0.295. The fourth-order valence-electron chi connectivity index (χ4n) is 2.07. The first-order chi connectivity index (χ1) is 10.6. The monoisotopic (exact) mass is 328 g/mol. The second-order valence-electron chi connectivity index (χ2n) is 4.85. The van der Waals surface area contributed by atoms with Gasteiger partial charge in [-0.05, 0) is 24.1 Å². The van der Waals surface area contributed by atoms with Crippen LogP contribution >= 0.6 is 22.9 Å². The average molecular weight is 329 g/mol. The van der Waals surface area contributed by atoms with Crippen molar-refractivity contribution in [2.45, 2.75) is 6.92 Å². The SMILES string of the molecule is Cc1ccc2c(Cl)c(C(=O)N/N=C/c3ccccc3)sc2c1. The molecule has 0 aliphatic carbocycles. The highest BCUT2D eigenvalue weighted by molar-refractivity contribution is 7.21. The number of fused-ring (bicyclic) bond motifs is 1. The number of rotatable bonds is 3. The largest absolute Gasteiger partial charge is 0.283 e. The number of thiophene rings is 1. The van der Waals surface area contributed by atoms with Gasteiger partial charge in [0, 0.05) is 10.1 Å². The number of hydrazone groups is 1. The fraction of sp³-hybridized carbons (Fsp3) is 0.0588. The van der Waals surface area contributed by atoms with Gasteiger partial charge in [-0.15, -0.1) is 11.3 Å². The molecular weight excluding hydrogens is 316 g/mol. The Morgan fingerprint density at radius 2 is 2.00 bits per heavy atom. The number of hydrogen-bond donors (Lipinski definition) is 1. The Kier molecular flexibility index (Phi) is 4.22. The highest BCUT2D eigenvalue weighted by Crippen LogP contribution is 2.35. The van der Waals surface area contributed by atoms with Gasteiger partial charge in [0.05, 0.1) is 11.2 Å². The van der Waals surface area contributed by atoms with E-state index < -0.39 is 0 Å². The van der Waals surface area contributed by atoms with E-state index in [0.717, 1.165) is 21.2 Å². The molecule has 0 radical (unpaired) electrons. The highest BCUT2D eigenvalue weighted by Gasteiger charge is 2.16. The van der Waals surface area contributed by atoms with Gasteiger partial charge in [0.15, 0.2) is 0 Å². The average Bonchev–Trinajstić information content (AvgIpc) is 2.84. The first-order valence-corrected chi connectivity index (χ1v) is 7.92. The maximum atomic E-state index is 12.2. The second-order valence-corrected chi connectivity index (χ2v) is 6.28. The molecule has 0 spiro atoms. The summed E-state index contributed by atoms with van der Waals surface area (Å²) in [6.45, 7) is 2.01. The van der Waals surface area contributed by atoms with Gasteiger partial charge in [-0.3, -0.25) is 4.79 Å². The summed E-state index contributed by atoms with van der Waals surface area (Å²) in [5, 5.41) is 5.35. The minimum Gasteiger partial charge on any atom is -0.266 e. The third-order valence-corrected chi connectivity index (χ3v) is 4.83. The van der Waals surface area contributed by atoms with Crippen molar-refractivity contribution in [2.24, 2.45) is 5.10 Å². The number of carbonyl (C=O) groups excluding carboxylic acids is 1. The van der Waals surface area contributed by atoms with Gasteiger partial charge >= 0.3 is 0 Å². The molecule has 5 heteroatoms. The molecule has 0 saturated carbocycles. The molecule has 0 fully saturated rings. The highest BCUT2D eigenvalue weighted by atomic mass is 35.5. The van der Waals surface area contributed by atoms with Crippen molar-refractivity contribution in [1.29, 1.82) is 0 Å². The maximum absolute atomic E-state index is 12.2. The van der Waals surface area contributed by atoms with Gasteiger partial charge in [-0.1, -0.05) is 54.1 Å². The summed E-state index contributed by atoms with van der Waals surface area (Å²) in [7, 11) is 0. The zero-order chi connectivity index (χ0) is 15.5. The summed E-state index contributed by atoms with van der Waals surface area (Å²) in [4.78, 5) is 12.7. The van der Waals surface area contributed by atoms with Gasteiger partial charge in [-0.25, -0.2) is 5.43 Å². The van der Waals surface area contributed by atoms with Crippen LogP contribution in [-0.4, -0.2) is 12.1 Å². The normalized spacial score (nSPS) is 11.2. The fourth-order valence-corrected chi connectivity index (χ4v) is 3.58. The Balaban J connectivity index is 1.80. The number of amides is 1. The number of hydrogen-bond acceptors (Lipinski definition) is 3. The van der Waals surface area contributed by atoms with Crippen LogP contribution < -0.4 is 5.43 Å². The summed E-state index contributed by atoms with van der Waals surface area (Å²) in [6, 6.07) is 15.5. The molecule has 3 rings (SSSR count). The van der Waals surface area contributed by atoms with E-state index in [4.69, 9.17) is 11.6 Å². The molecule has 0 saturated heterocycles. The molecular formula is C17H13ClN2OS. The van der Waals surface area contributed by atoms with E-state index in [9.17, 15) is 4.79 Å². The Bertz CT molecular complexity index is 856. The Labute approximate surface area is 137 Å². The van der Waals surface area contributed by atoms with Crippen molar-refractivity contribution in [3.8, 4) is 0 Å². The standard InChI is InChI=1S/C17H13ClN2OS/c1-11-7-8-13-14(9-11)22-16(15(13)18)17(21)20-19-10-12-5-3-2-4-6-12/h2-10H,1H3,(H,20,21)/b19-10+. The lowest BCUT2D eigenvalue weighted by Crippen LogP contribution is -2.16. The van der Waals surface area contributed by atoms with Gasteiger partial charge in [0.2, 0.25) is 0 Å². The molecule has 3 aromatic rings. The van der Waals surface area contributed by atoms with E-state index >= 15 is 0 Å². The molecule has 22 heavy (non-hydrogen) atoms. The van der Waals surface area contributed by atoms with E-state index in [-0.39, 0.29) is 5.91 Å². The number of carbonyl (C=O) groups is 1. The molecule has 1 heterocycles. The molecule has 0 aliphatic rings. The molecule has 0 bridgehead atoms. The minimum absolute atomic E-state index is 0.295. The Morgan fingerprint density at radius 1 is 1.23 bits per heavy atom. The predicted molar refractivity (Wildman–Crippen MR) is 93.1 cm³/mol. The van der Waals surface area contributed by atoms with Crippen molar-refractivity contribution >= 4 is 45.1 Å². The third kappa shape index (κ3) is 3.03. The van der Waals surface area contributed by atoms with Crippen LogP contribution in [0.25, 0.3) is 10.1 Å². The molecule has 3 nitrogen and oxygen atoms in total. The van der Waals surface area contributed by atoms with Crippen molar-refractivity contribution < 1.29 is 4.79 Å². The first kappa shape index (κ1) is 14.8. The first-order valence-electron chi connectivity index (χ1n) is 6.72. The number of halogens is 1. The number of nitrogens with one attached hydrogen (secondary N) is 1. The maximum Gasteiger partial charge on any atom is 0.283 e. The van der Waals surface area contributed by atoms with Crippen LogP contribution in [0.4, 0.5) is 0 Å². The van der Waals surface area contributed by atoms with Crippen LogP contribution in [0.1, 0.15) is 20.8 Å². The zero-order valence-electron chi connectivity index (χ0n) is 11.8. The Morgan fingerprint density at radius 3 is 2.77 bits per heavy atom. The summed E-state index contributed by atoms with van der Waals surface area (Å²) in [6.07, 6.45) is 1.60. The van der Waals surface area contributed by atoms with Gasteiger partial charge < -0.3 is 0 Å². The zero-order valence-corrected chi connectivity index (χ0v) is 13.4. The van der Waals surface area contributed by atoms with Crippen molar-refractivity contribution in [3.05, 3.63) is 69.6 Å². The lowest BCUT2D eigenvalue weighted by atomic mass is 10.2. The molecule has 0 atom stereocenters. The Hall–Kier alpha value is -2.17. The molecule has 110 valence electrons. The number of aryl methyl sites for hydroxylation is 1.